The Labute approximate surface area is 111 Å². The predicted octanol–water partition coefficient (Wildman–Crippen LogP) is 1.89. The average Bonchev–Trinajstić information content (AvgIpc) is 3.04. The van der Waals surface area contributed by atoms with Crippen LogP contribution >= 0.6 is 0 Å². The van der Waals surface area contributed by atoms with E-state index in [9.17, 15) is 9.59 Å². The number of aldehydes is 1. The van der Waals surface area contributed by atoms with Crippen molar-refractivity contribution in [3.63, 3.8) is 0 Å². The lowest BCUT2D eigenvalue weighted by Crippen LogP contribution is -2.32. The molecule has 0 fully saturated rings. The summed E-state index contributed by atoms with van der Waals surface area (Å²) in [6.45, 7) is 0.922. The van der Waals surface area contributed by atoms with Crippen molar-refractivity contribution in [3.05, 3.63) is 53.9 Å². The number of aromatic nitrogens is 1. The summed E-state index contributed by atoms with van der Waals surface area (Å²) < 4.78 is 1.68. The minimum absolute atomic E-state index is 0.0178. The predicted molar refractivity (Wildman–Crippen MR) is 72.3 cm³/mol. The first-order valence-corrected chi connectivity index (χ1v) is 6.28. The SMILES string of the molecule is O=Cc1cccn1CC(=O)N1CCc2ccccc21. The van der Waals surface area contributed by atoms with Gasteiger partial charge in [0.25, 0.3) is 0 Å². The molecule has 0 saturated carbocycles. The highest BCUT2D eigenvalue weighted by molar-refractivity contribution is 5.95. The highest BCUT2D eigenvalue weighted by Gasteiger charge is 2.24. The van der Waals surface area contributed by atoms with Crippen LogP contribution in [0.2, 0.25) is 0 Å². The second-order valence-corrected chi connectivity index (χ2v) is 4.60. The second-order valence-electron chi connectivity index (χ2n) is 4.60. The molecule has 1 aliphatic rings. The first kappa shape index (κ1) is 11.7. The number of carbonyl (C=O) groups excluding carboxylic acids is 2. The van der Waals surface area contributed by atoms with E-state index in [1.165, 1.54) is 5.56 Å². The van der Waals surface area contributed by atoms with Crippen LogP contribution in [0.15, 0.2) is 42.6 Å². The summed E-state index contributed by atoms with van der Waals surface area (Å²) in [5.74, 6) is 0.0178. The largest absolute Gasteiger partial charge is 0.336 e. The van der Waals surface area contributed by atoms with E-state index in [4.69, 9.17) is 0 Å². The van der Waals surface area contributed by atoms with Crippen LogP contribution in [0.5, 0.6) is 0 Å². The highest BCUT2D eigenvalue weighted by Crippen LogP contribution is 2.27. The molecular formula is C15H14N2O2. The van der Waals surface area contributed by atoms with E-state index in [0.29, 0.717) is 5.69 Å². The zero-order valence-electron chi connectivity index (χ0n) is 10.5. The van der Waals surface area contributed by atoms with E-state index in [1.807, 2.05) is 18.2 Å². The van der Waals surface area contributed by atoms with E-state index in [2.05, 4.69) is 6.07 Å². The molecule has 19 heavy (non-hydrogen) atoms. The van der Waals surface area contributed by atoms with Gasteiger partial charge >= 0.3 is 0 Å². The summed E-state index contributed by atoms with van der Waals surface area (Å²) in [6, 6.07) is 11.4. The molecule has 0 spiro atoms. The lowest BCUT2D eigenvalue weighted by Gasteiger charge is -2.18. The van der Waals surface area contributed by atoms with Gasteiger partial charge in [-0.2, -0.15) is 0 Å². The third kappa shape index (κ3) is 2.05. The Balaban J connectivity index is 1.81. The molecule has 1 amide bonds. The Hall–Kier alpha value is -2.36. The number of rotatable bonds is 3. The third-order valence-corrected chi connectivity index (χ3v) is 3.48. The van der Waals surface area contributed by atoms with Gasteiger partial charge in [0.05, 0.1) is 5.69 Å². The lowest BCUT2D eigenvalue weighted by molar-refractivity contribution is -0.119. The fraction of sp³-hybridized carbons (Fsp3) is 0.200. The Kier molecular flexibility index (Phi) is 2.91. The number of benzene rings is 1. The van der Waals surface area contributed by atoms with Crippen molar-refractivity contribution in [2.45, 2.75) is 13.0 Å². The number of amides is 1. The maximum absolute atomic E-state index is 12.3. The summed E-state index contributed by atoms with van der Waals surface area (Å²) >= 11 is 0. The second kappa shape index (κ2) is 4.72. The number of hydrogen-bond acceptors (Lipinski definition) is 2. The molecule has 0 aliphatic carbocycles. The van der Waals surface area contributed by atoms with Crippen molar-refractivity contribution in [1.82, 2.24) is 4.57 Å². The van der Waals surface area contributed by atoms with Crippen LogP contribution in [0.4, 0.5) is 5.69 Å². The summed E-state index contributed by atoms with van der Waals surface area (Å²) in [4.78, 5) is 25.0. The van der Waals surface area contributed by atoms with E-state index < -0.39 is 0 Å². The zero-order chi connectivity index (χ0) is 13.2. The molecule has 3 rings (SSSR count). The fourth-order valence-electron chi connectivity index (χ4n) is 2.51. The van der Waals surface area contributed by atoms with Crippen molar-refractivity contribution >= 4 is 17.9 Å². The van der Waals surface area contributed by atoms with E-state index in [-0.39, 0.29) is 12.5 Å². The molecule has 2 heterocycles. The number of para-hydroxylation sites is 1. The van der Waals surface area contributed by atoms with Crippen LogP contribution in [-0.4, -0.2) is 23.3 Å². The van der Waals surface area contributed by atoms with Gasteiger partial charge in [0.15, 0.2) is 6.29 Å². The Morgan fingerprint density at radius 1 is 1.21 bits per heavy atom. The normalized spacial score (nSPS) is 13.4. The van der Waals surface area contributed by atoms with Gasteiger partial charge in [-0.15, -0.1) is 0 Å². The Morgan fingerprint density at radius 2 is 2.05 bits per heavy atom. The minimum atomic E-state index is 0.0178. The van der Waals surface area contributed by atoms with Gasteiger partial charge in [-0.3, -0.25) is 9.59 Å². The maximum atomic E-state index is 12.3. The zero-order valence-corrected chi connectivity index (χ0v) is 10.5. The molecule has 4 nitrogen and oxygen atoms in total. The van der Waals surface area contributed by atoms with Crippen molar-refractivity contribution in [2.75, 3.05) is 11.4 Å². The number of anilines is 1. The van der Waals surface area contributed by atoms with Gasteiger partial charge in [-0.1, -0.05) is 18.2 Å². The monoisotopic (exact) mass is 254 g/mol. The smallest absolute Gasteiger partial charge is 0.246 e. The van der Waals surface area contributed by atoms with Crippen molar-refractivity contribution in [3.8, 4) is 0 Å². The quantitative estimate of drug-likeness (QED) is 0.785. The molecular weight excluding hydrogens is 240 g/mol. The van der Waals surface area contributed by atoms with E-state index >= 15 is 0 Å². The first-order chi connectivity index (χ1) is 9.29. The number of carbonyl (C=O) groups is 2. The van der Waals surface area contributed by atoms with Crippen LogP contribution in [0.3, 0.4) is 0 Å². The van der Waals surface area contributed by atoms with E-state index in [0.717, 1.165) is 24.9 Å². The molecule has 2 aromatic rings. The van der Waals surface area contributed by atoms with Gasteiger partial charge in [-0.05, 0) is 30.2 Å². The van der Waals surface area contributed by atoms with Gasteiger partial charge in [0.2, 0.25) is 5.91 Å². The molecule has 1 aromatic heterocycles. The van der Waals surface area contributed by atoms with Gasteiger partial charge in [0.1, 0.15) is 6.54 Å². The van der Waals surface area contributed by atoms with Gasteiger partial charge < -0.3 is 9.47 Å². The van der Waals surface area contributed by atoms with Gasteiger partial charge in [0, 0.05) is 18.4 Å². The maximum Gasteiger partial charge on any atom is 0.246 e. The van der Waals surface area contributed by atoms with Crippen molar-refractivity contribution < 1.29 is 9.59 Å². The van der Waals surface area contributed by atoms with Crippen molar-refractivity contribution in [2.24, 2.45) is 0 Å². The molecule has 0 unspecified atom stereocenters. The lowest BCUT2D eigenvalue weighted by atomic mass is 10.2. The molecule has 1 aliphatic heterocycles. The molecule has 0 atom stereocenters. The molecule has 0 radical (unpaired) electrons. The van der Waals surface area contributed by atoms with Gasteiger partial charge in [-0.25, -0.2) is 0 Å². The van der Waals surface area contributed by atoms with Crippen LogP contribution in [0, 0.1) is 0 Å². The molecule has 0 saturated heterocycles. The topological polar surface area (TPSA) is 42.3 Å². The van der Waals surface area contributed by atoms with Crippen molar-refractivity contribution in [1.29, 1.82) is 0 Å². The fourth-order valence-corrected chi connectivity index (χ4v) is 2.51. The summed E-state index contributed by atoms with van der Waals surface area (Å²) in [5, 5.41) is 0. The number of nitrogens with zero attached hydrogens (tertiary/aromatic N) is 2. The minimum Gasteiger partial charge on any atom is -0.336 e. The van der Waals surface area contributed by atoms with Crippen LogP contribution in [0.1, 0.15) is 16.1 Å². The summed E-state index contributed by atoms with van der Waals surface area (Å²) in [7, 11) is 0. The highest BCUT2D eigenvalue weighted by atomic mass is 16.2. The van der Waals surface area contributed by atoms with E-state index in [1.54, 1.807) is 27.8 Å². The average molecular weight is 254 g/mol. The third-order valence-electron chi connectivity index (χ3n) is 3.48. The van der Waals surface area contributed by atoms with Crippen LogP contribution in [0.25, 0.3) is 0 Å². The number of fused-ring (bicyclic) bond motifs is 1. The standard InChI is InChI=1S/C15H14N2O2/c18-11-13-5-3-8-16(13)10-15(19)17-9-7-12-4-1-2-6-14(12)17/h1-6,8,11H,7,9-10H2. The Bertz CT molecular complexity index is 631. The summed E-state index contributed by atoms with van der Waals surface area (Å²) in [6.07, 6.45) is 3.42. The number of hydrogen-bond donors (Lipinski definition) is 0. The van der Waals surface area contributed by atoms with Crippen LogP contribution < -0.4 is 4.90 Å². The molecule has 4 heteroatoms. The molecule has 1 aromatic carbocycles. The molecule has 0 bridgehead atoms. The first-order valence-electron chi connectivity index (χ1n) is 6.28. The van der Waals surface area contributed by atoms with Crippen LogP contribution in [-0.2, 0) is 17.8 Å². The molecule has 96 valence electrons. The summed E-state index contributed by atoms with van der Waals surface area (Å²) in [5.41, 5.74) is 2.73. The molecule has 0 N–H and O–H groups in total. The Morgan fingerprint density at radius 3 is 2.89 bits per heavy atom.